The van der Waals surface area contributed by atoms with Crippen LogP contribution in [0, 0.1) is 0 Å². The van der Waals surface area contributed by atoms with Gasteiger partial charge in [0.1, 0.15) is 11.5 Å². The van der Waals surface area contributed by atoms with E-state index in [0.29, 0.717) is 34.2 Å². The van der Waals surface area contributed by atoms with Crippen LogP contribution in [0.5, 0.6) is 11.5 Å². The van der Waals surface area contributed by atoms with E-state index in [4.69, 9.17) is 32.2 Å². The molecule has 0 spiro atoms. The molecule has 0 aliphatic carbocycles. The van der Waals surface area contributed by atoms with Crippen molar-refractivity contribution in [1.29, 1.82) is 0 Å². The second-order valence-corrected chi connectivity index (χ2v) is 4.00. The number of benzene rings is 2. The number of nitrogens with two attached hydrogens (primary N) is 4. The molecule has 0 aromatic heterocycles. The van der Waals surface area contributed by atoms with E-state index in [9.17, 15) is 0 Å². The highest BCUT2D eigenvalue weighted by Crippen LogP contribution is 2.22. The Morgan fingerprint density at radius 1 is 0.579 bits per heavy atom. The van der Waals surface area contributed by atoms with Gasteiger partial charge < -0.3 is 32.2 Å². The Morgan fingerprint density at radius 3 is 1.21 bits per heavy atom. The van der Waals surface area contributed by atoms with E-state index in [-0.39, 0.29) is 0 Å². The maximum Gasteiger partial charge on any atom is 0.658 e. The zero-order valence-electron chi connectivity index (χ0n) is 10.2. The zero-order valence-corrected chi connectivity index (χ0v) is 10.2. The summed E-state index contributed by atoms with van der Waals surface area (Å²) >= 11 is 0. The molecule has 8 N–H and O–H groups in total. The fourth-order valence-electron chi connectivity index (χ4n) is 1.56. The van der Waals surface area contributed by atoms with Crippen molar-refractivity contribution < 1.29 is 9.31 Å². The topological polar surface area (TPSA) is 123 Å². The molecule has 2 aromatic rings. The highest BCUT2D eigenvalue weighted by molar-refractivity contribution is 6.20. The van der Waals surface area contributed by atoms with Gasteiger partial charge in [0, 0.05) is 47.0 Å². The molecular formula is C12H14BN4O2. The van der Waals surface area contributed by atoms with Gasteiger partial charge in [-0.2, -0.15) is 0 Å². The molecule has 7 heteroatoms. The predicted molar refractivity (Wildman–Crippen MR) is 77.5 cm³/mol. The van der Waals surface area contributed by atoms with Gasteiger partial charge in [0.2, 0.25) is 0 Å². The predicted octanol–water partition coefficient (Wildman–Crippen LogP) is 1.01. The SMILES string of the molecule is Nc1cc(N)cc(O[B]Oc2cc(N)cc(N)c2)c1. The lowest BCUT2D eigenvalue weighted by atomic mass is 10.2. The van der Waals surface area contributed by atoms with Gasteiger partial charge in [0.25, 0.3) is 0 Å². The standard InChI is InChI=1S/C12H14BN4O2/c14-7-1-8(15)4-11(3-7)18-13-19-12-5-9(16)2-10(17)6-12/h1-6H,14-17H2. The molecule has 0 unspecified atom stereocenters. The summed E-state index contributed by atoms with van der Waals surface area (Å²) in [5, 5.41) is 0. The fourth-order valence-corrected chi connectivity index (χ4v) is 1.56. The second kappa shape index (κ2) is 5.30. The van der Waals surface area contributed by atoms with Crippen molar-refractivity contribution in [2.75, 3.05) is 22.9 Å². The van der Waals surface area contributed by atoms with Gasteiger partial charge in [-0.15, -0.1) is 0 Å². The summed E-state index contributed by atoms with van der Waals surface area (Å²) in [4.78, 5) is 0. The van der Waals surface area contributed by atoms with Gasteiger partial charge in [-0.1, -0.05) is 0 Å². The highest BCUT2D eigenvalue weighted by atomic mass is 16.6. The van der Waals surface area contributed by atoms with E-state index >= 15 is 0 Å². The first-order valence-corrected chi connectivity index (χ1v) is 5.50. The molecule has 0 saturated heterocycles. The molecule has 97 valence electrons. The first-order valence-electron chi connectivity index (χ1n) is 5.50. The summed E-state index contributed by atoms with van der Waals surface area (Å²) in [5.41, 5.74) is 24.6. The molecule has 0 aliphatic rings. The normalized spacial score (nSPS) is 9.89. The molecule has 0 aliphatic heterocycles. The van der Waals surface area contributed by atoms with Gasteiger partial charge in [-0.05, 0) is 12.1 Å². The van der Waals surface area contributed by atoms with Crippen molar-refractivity contribution >= 4 is 30.4 Å². The molecule has 0 atom stereocenters. The average Bonchev–Trinajstić information content (AvgIpc) is 2.26. The van der Waals surface area contributed by atoms with Crippen LogP contribution >= 0.6 is 0 Å². The van der Waals surface area contributed by atoms with Crippen LogP contribution in [-0.2, 0) is 0 Å². The van der Waals surface area contributed by atoms with Crippen LogP contribution in [0.1, 0.15) is 0 Å². The summed E-state index contributed by atoms with van der Waals surface area (Å²) in [6, 6.07) is 9.78. The van der Waals surface area contributed by atoms with Crippen LogP contribution in [0.4, 0.5) is 22.7 Å². The first-order chi connectivity index (χ1) is 9.02. The third-order valence-corrected chi connectivity index (χ3v) is 2.27. The third kappa shape index (κ3) is 3.63. The Labute approximate surface area is 111 Å². The fraction of sp³-hybridized carbons (Fsp3) is 0. The molecule has 0 bridgehead atoms. The number of anilines is 4. The molecule has 2 aromatic carbocycles. The van der Waals surface area contributed by atoms with Crippen molar-refractivity contribution in [2.24, 2.45) is 0 Å². The van der Waals surface area contributed by atoms with E-state index in [1.165, 1.54) is 0 Å². The lowest BCUT2D eigenvalue weighted by molar-refractivity contribution is 0.459. The number of nitrogen functional groups attached to an aromatic ring is 4. The van der Waals surface area contributed by atoms with Crippen LogP contribution in [0.15, 0.2) is 36.4 Å². The van der Waals surface area contributed by atoms with E-state index in [2.05, 4.69) is 0 Å². The van der Waals surface area contributed by atoms with E-state index < -0.39 is 0 Å². The van der Waals surface area contributed by atoms with E-state index in [1.807, 2.05) is 0 Å². The largest absolute Gasteiger partial charge is 0.658 e. The molecule has 0 heterocycles. The maximum absolute atomic E-state index is 5.63. The van der Waals surface area contributed by atoms with Crippen molar-refractivity contribution in [1.82, 2.24) is 0 Å². The Balaban J connectivity index is 1.96. The molecule has 0 fully saturated rings. The smallest absolute Gasteiger partial charge is 0.526 e. The lowest BCUT2D eigenvalue weighted by Gasteiger charge is -2.09. The minimum absolute atomic E-state index is 0.481. The Kier molecular flexibility index (Phi) is 3.56. The van der Waals surface area contributed by atoms with Gasteiger partial charge in [0.05, 0.1) is 0 Å². The first kappa shape index (κ1) is 12.8. The van der Waals surface area contributed by atoms with Gasteiger partial charge >= 0.3 is 7.69 Å². The summed E-state index contributed by atoms with van der Waals surface area (Å²) in [5.74, 6) is 0.962. The lowest BCUT2D eigenvalue weighted by Crippen LogP contribution is -2.11. The van der Waals surface area contributed by atoms with Crippen molar-refractivity contribution in [2.45, 2.75) is 0 Å². The van der Waals surface area contributed by atoms with Gasteiger partial charge in [-0.25, -0.2) is 0 Å². The molecule has 2 rings (SSSR count). The second-order valence-electron chi connectivity index (χ2n) is 4.00. The van der Waals surface area contributed by atoms with Crippen LogP contribution in [0.25, 0.3) is 0 Å². The van der Waals surface area contributed by atoms with E-state index in [0.717, 1.165) is 7.69 Å². The minimum atomic E-state index is 0.481. The quantitative estimate of drug-likeness (QED) is 0.478. The molecule has 0 saturated carbocycles. The van der Waals surface area contributed by atoms with E-state index in [1.54, 1.807) is 36.4 Å². The zero-order chi connectivity index (χ0) is 13.8. The Morgan fingerprint density at radius 2 is 0.895 bits per heavy atom. The van der Waals surface area contributed by atoms with Crippen molar-refractivity contribution in [3.63, 3.8) is 0 Å². The molecule has 6 nitrogen and oxygen atoms in total. The Bertz CT molecular complexity index is 500. The monoisotopic (exact) mass is 257 g/mol. The highest BCUT2D eigenvalue weighted by Gasteiger charge is 2.04. The third-order valence-electron chi connectivity index (χ3n) is 2.27. The molecular weight excluding hydrogens is 243 g/mol. The number of hydrogen-bond acceptors (Lipinski definition) is 6. The van der Waals surface area contributed by atoms with Crippen LogP contribution in [0.3, 0.4) is 0 Å². The average molecular weight is 257 g/mol. The minimum Gasteiger partial charge on any atom is -0.526 e. The molecule has 0 amide bonds. The summed E-state index contributed by atoms with van der Waals surface area (Å²) < 4.78 is 10.5. The number of rotatable bonds is 4. The van der Waals surface area contributed by atoms with Crippen LogP contribution in [-0.4, -0.2) is 7.69 Å². The van der Waals surface area contributed by atoms with Crippen molar-refractivity contribution in [3.8, 4) is 11.5 Å². The molecule has 19 heavy (non-hydrogen) atoms. The van der Waals surface area contributed by atoms with Crippen LogP contribution in [0.2, 0.25) is 0 Å². The van der Waals surface area contributed by atoms with Crippen LogP contribution < -0.4 is 32.2 Å². The summed E-state index contributed by atoms with van der Waals surface area (Å²) in [7, 11) is 1.16. The molecule has 1 radical (unpaired) electrons. The Hall–Kier alpha value is -2.70. The number of hydrogen-bond donors (Lipinski definition) is 4. The van der Waals surface area contributed by atoms with Gasteiger partial charge in [0.15, 0.2) is 0 Å². The summed E-state index contributed by atoms with van der Waals surface area (Å²) in [6.45, 7) is 0. The summed E-state index contributed by atoms with van der Waals surface area (Å²) in [6.07, 6.45) is 0. The van der Waals surface area contributed by atoms with Crippen molar-refractivity contribution in [3.05, 3.63) is 36.4 Å². The van der Waals surface area contributed by atoms with Gasteiger partial charge in [-0.3, -0.25) is 0 Å². The maximum atomic E-state index is 5.63.